The molecule has 1 aliphatic carbocycles. The van der Waals surface area contributed by atoms with Crippen LogP contribution in [-0.4, -0.2) is 24.4 Å². The number of hydrogen-bond acceptors (Lipinski definition) is 2. The van der Waals surface area contributed by atoms with Gasteiger partial charge < -0.3 is 10.6 Å². The zero-order chi connectivity index (χ0) is 15.6. The minimum Gasteiger partial charge on any atom is -0.339 e. The van der Waals surface area contributed by atoms with Crippen molar-refractivity contribution in [3.63, 3.8) is 0 Å². The second kappa shape index (κ2) is 6.52. The average Bonchev–Trinajstić information content (AvgIpc) is 2.95. The predicted octanol–water partition coefficient (Wildman–Crippen LogP) is 2.86. The maximum absolute atomic E-state index is 13.8. The highest BCUT2D eigenvalue weighted by Crippen LogP contribution is 2.34. The molecular weight excluding hydrogens is 274 g/mol. The number of hydrogen-bond donors (Lipinski definition) is 1. The molecule has 1 amide bonds. The van der Waals surface area contributed by atoms with Crippen molar-refractivity contribution < 1.29 is 13.6 Å². The number of halogens is 2. The van der Waals surface area contributed by atoms with Gasteiger partial charge in [0.2, 0.25) is 5.91 Å². The Labute approximate surface area is 124 Å². The lowest BCUT2D eigenvalue weighted by Crippen LogP contribution is -2.38. The minimum atomic E-state index is -0.507. The normalized spacial score (nSPS) is 23.1. The first-order valence-electron chi connectivity index (χ1n) is 7.37. The van der Waals surface area contributed by atoms with Crippen molar-refractivity contribution in [1.82, 2.24) is 4.90 Å². The number of rotatable bonds is 4. The van der Waals surface area contributed by atoms with Gasteiger partial charge in [-0.1, -0.05) is 6.42 Å². The molecule has 3 nitrogen and oxygen atoms in total. The van der Waals surface area contributed by atoms with Gasteiger partial charge in [-0.15, -0.1) is 0 Å². The summed E-state index contributed by atoms with van der Waals surface area (Å²) in [4.78, 5) is 14.1. The molecular formula is C16H22F2N2O. The molecule has 0 spiro atoms. The lowest BCUT2D eigenvalue weighted by Gasteiger charge is -2.30. The zero-order valence-electron chi connectivity index (χ0n) is 12.5. The van der Waals surface area contributed by atoms with E-state index in [1.54, 1.807) is 14.0 Å². The van der Waals surface area contributed by atoms with E-state index in [1.165, 1.54) is 4.90 Å². The molecule has 1 aliphatic rings. The number of carbonyl (C=O) groups excluding carboxylic acids is 1. The van der Waals surface area contributed by atoms with E-state index in [0.29, 0.717) is 6.54 Å². The lowest BCUT2D eigenvalue weighted by molar-refractivity contribution is -0.137. The third kappa shape index (κ3) is 3.23. The molecule has 2 rings (SSSR count). The van der Waals surface area contributed by atoms with Crippen LogP contribution in [0.3, 0.4) is 0 Å². The average molecular weight is 296 g/mol. The molecule has 1 aromatic rings. The lowest BCUT2D eigenvalue weighted by atomic mass is 9.94. The van der Waals surface area contributed by atoms with Crippen molar-refractivity contribution in [2.24, 2.45) is 17.6 Å². The maximum atomic E-state index is 13.8. The van der Waals surface area contributed by atoms with E-state index in [0.717, 1.165) is 37.5 Å². The smallest absolute Gasteiger partial charge is 0.226 e. The highest BCUT2D eigenvalue weighted by molar-refractivity contribution is 5.79. The van der Waals surface area contributed by atoms with E-state index < -0.39 is 17.7 Å². The quantitative estimate of drug-likeness (QED) is 0.928. The van der Waals surface area contributed by atoms with Crippen molar-refractivity contribution in [1.29, 1.82) is 0 Å². The number of amides is 1. The highest BCUT2D eigenvalue weighted by atomic mass is 19.1. The summed E-state index contributed by atoms with van der Waals surface area (Å²) in [5, 5.41) is 0. The van der Waals surface area contributed by atoms with Crippen molar-refractivity contribution in [3.05, 3.63) is 35.4 Å². The first kappa shape index (κ1) is 15.9. The number of benzene rings is 1. The molecule has 1 saturated carbocycles. The van der Waals surface area contributed by atoms with E-state index in [4.69, 9.17) is 5.73 Å². The van der Waals surface area contributed by atoms with Gasteiger partial charge in [0.1, 0.15) is 11.6 Å². The molecule has 3 atom stereocenters. The molecule has 0 aromatic heterocycles. The summed E-state index contributed by atoms with van der Waals surface area (Å²) < 4.78 is 27.1. The van der Waals surface area contributed by atoms with Crippen LogP contribution in [0.25, 0.3) is 0 Å². The summed E-state index contributed by atoms with van der Waals surface area (Å²) in [6, 6.07) is 2.82. The van der Waals surface area contributed by atoms with Crippen LogP contribution in [0.5, 0.6) is 0 Å². The molecule has 1 aromatic carbocycles. The molecule has 116 valence electrons. The Bertz CT molecular complexity index is 521. The van der Waals surface area contributed by atoms with Gasteiger partial charge in [0.25, 0.3) is 0 Å². The van der Waals surface area contributed by atoms with Crippen molar-refractivity contribution in [3.8, 4) is 0 Å². The fourth-order valence-corrected chi connectivity index (χ4v) is 3.14. The molecule has 0 bridgehead atoms. The maximum Gasteiger partial charge on any atom is 0.226 e. The van der Waals surface area contributed by atoms with Crippen LogP contribution < -0.4 is 5.73 Å². The van der Waals surface area contributed by atoms with Gasteiger partial charge in [-0.25, -0.2) is 8.78 Å². The fraction of sp³-hybridized carbons (Fsp3) is 0.562. The van der Waals surface area contributed by atoms with Gasteiger partial charge in [0.05, 0.1) is 6.04 Å². The van der Waals surface area contributed by atoms with Gasteiger partial charge in [0.15, 0.2) is 0 Å². The van der Waals surface area contributed by atoms with Crippen LogP contribution in [-0.2, 0) is 4.79 Å². The Balaban J connectivity index is 2.16. The van der Waals surface area contributed by atoms with Crippen molar-refractivity contribution >= 4 is 5.91 Å². The van der Waals surface area contributed by atoms with Gasteiger partial charge in [-0.3, -0.25) is 4.79 Å². The van der Waals surface area contributed by atoms with E-state index in [2.05, 4.69) is 0 Å². The third-order valence-electron chi connectivity index (χ3n) is 4.62. The second-order valence-electron chi connectivity index (χ2n) is 5.82. The summed E-state index contributed by atoms with van der Waals surface area (Å²) >= 11 is 0. The Kier molecular flexibility index (Phi) is 4.93. The number of carbonyl (C=O) groups is 1. The molecule has 0 radical (unpaired) electrons. The Morgan fingerprint density at radius 3 is 2.81 bits per heavy atom. The third-order valence-corrected chi connectivity index (χ3v) is 4.62. The predicted molar refractivity (Wildman–Crippen MR) is 77.4 cm³/mol. The van der Waals surface area contributed by atoms with E-state index in [1.807, 2.05) is 0 Å². The second-order valence-corrected chi connectivity index (χ2v) is 5.82. The van der Waals surface area contributed by atoms with Gasteiger partial charge >= 0.3 is 0 Å². The van der Waals surface area contributed by atoms with Crippen LogP contribution in [0.1, 0.15) is 37.8 Å². The van der Waals surface area contributed by atoms with Gasteiger partial charge in [-0.05, 0) is 50.4 Å². The van der Waals surface area contributed by atoms with Crippen molar-refractivity contribution in [2.75, 3.05) is 13.6 Å². The molecule has 2 N–H and O–H groups in total. The molecule has 5 heteroatoms. The number of nitrogens with zero attached hydrogens (tertiary/aromatic N) is 1. The first-order chi connectivity index (χ1) is 9.95. The summed E-state index contributed by atoms with van der Waals surface area (Å²) in [5.41, 5.74) is 5.92. The Morgan fingerprint density at radius 1 is 1.43 bits per heavy atom. The van der Waals surface area contributed by atoms with E-state index in [-0.39, 0.29) is 23.3 Å². The highest BCUT2D eigenvalue weighted by Gasteiger charge is 2.35. The Hall–Kier alpha value is -1.49. The molecule has 21 heavy (non-hydrogen) atoms. The Morgan fingerprint density at radius 2 is 2.14 bits per heavy atom. The van der Waals surface area contributed by atoms with Crippen LogP contribution >= 0.6 is 0 Å². The summed E-state index contributed by atoms with van der Waals surface area (Å²) in [6.45, 7) is 2.20. The van der Waals surface area contributed by atoms with E-state index in [9.17, 15) is 13.6 Å². The number of nitrogens with two attached hydrogens (primary N) is 1. The molecule has 1 unspecified atom stereocenters. The zero-order valence-corrected chi connectivity index (χ0v) is 12.5. The fourth-order valence-electron chi connectivity index (χ4n) is 3.14. The van der Waals surface area contributed by atoms with Crippen LogP contribution in [0.15, 0.2) is 18.2 Å². The first-order valence-corrected chi connectivity index (χ1v) is 7.37. The molecule has 0 aliphatic heterocycles. The van der Waals surface area contributed by atoms with Gasteiger partial charge in [-0.2, -0.15) is 0 Å². The summed E-state index contributed by atoms with van der Waals surface area (Å²) in [5.74, 6) is -0.923. The van der Waals surface area contributed by atoms with Crippen LogP contribution in [0, 0.1) is 23.5 Å². The molecule has 0 saturated heterocycles. The standard InChI is InChI=1S/C16H22F2N2O/c1-10(14-8-12(17)6-7-15(14)18)20(2)16(21)13-5-3-4-11(13)9-19/h6-8,10-11,13H,3-5,9,19H2,1-2H3/t10?,11-,13-/m1/s1. The minimum absolute atomic E-state index is 0.0286. The van der Waals surface area contributed by atoms with Crippen molar-refractivity contribution in [2.45, 2.75) is 32.2 Å². The monoisotopic (exact) mass is 296 g/mol. The summed E-state index contributed by atoms with van der Waals surface area (Å²) in [7, 11) is 1.64. The SMILES string of the molecule is CC(c1cc(F)ccc1F)N(C)C(=O)[C@@H]1CCC[C@@H]1CN. The van der Waals surface area contributed by atoms with Crippen LogP contribution in [0.2, 0.25) is 0 Å². The van der Waals surface area contributed by atoms with Crippen LogP contribution in [0.4, 0.5) is 8.78 Å². The molecule has 1 fully saturated rings. The topological polar surface area (TPSA) is 46.3 Å². The van der Waals surface area contributed by atoms with E-state index >= 15 is 0 Å². The summed E-state index contributed by atoms with van der Waals surface area (Å²) in [6.07, 6.45) is 2.78. The van der Waals surface area contributed by atoms with Gasteiger partial charge in [0, 0.05) is 18.5 Å². The molecule has 0 heterocycles. The largest absolute Gasteiger partial charge is 0.339 e.